The number of rotatable bonds is 7. The predicted molar refractivity (Wildman–Crippen MR) is 56.4 cm³/mol. The average Bonchev–Trinajstić information content (AvgIpc) is 2.12. The van der Waals surface area contributed by atoms with E-state index in [2.05, 4.69) is 33.1 Å². The first-order valence-corrected chi connectivity index (χ1v) is 5.41. The van der Waals surface area contributed by atoms with Crippen molar-refractivity contribution in [1.82, 2.24) is 5.32 Å². The van der Waals surface area contributed by atoms with Crippen LogP contribution in [-0.2, 0) is 0 Å². The Morgan fingerprint density at radius 2 is 1.75 bits per heavy atom. The van der Waals surface area contributed by atoms with Crippen molar-refractivity contribution in [2.75, 3.05) is 7.05 Å². The minimum atomic E-state index is 0.744. The zero-order chi connectivity index (χ0) is 9.40. The Hall–Kier alpha value is -0.0400. The van der Waals surface area contributed by atoms with Crippen LogP contribution in [0.2, 0.25) is 0 Å². The number of hydrogen-bond donors (Lipinski definition) is 1. The Kier molecular flexibility index (Phi) is 7.58. The van der Waals surface area contributed by atoms with Crippen LogP contribution in [0.25, 0.3) is 0 Å². The first-order chi connectivity index (χ1) is 5.74. The van der Waals surface area contributed by atoms with E-state index in [4.69, 9.17) is 0 Å². The SMILES string of the molecule is CCC(C)CCCC(CC)NC. The van der Waals surface area contributed by atoms with Crippen molar-refractivity contribution in [1.29, 1.82) is 0 Å². The summed E-state index contributed by atoms with van der Waals surface area (Å²) in [6.45, 7) is 6.88. The second-order valence-corrected chi connectivity index (χ2v) is 3.84. The molecule has 1 N–H and O–H groups in total. The molecule has 1 nitrogen and oxygen atoms in total. The highest BCUT2D eigenvalue weighted by Gasteiger charge is 2.03. The van der Waals surface area contributed by atoms with Crippen LogP contribution >= 0.6 is 0 Å². The van der Waals surface area contributed by atoms with E-state index < -0.39 is 0 Å². The maximum Gasteiger partial charge on any atom is 0.00614 e. The summed E-state index contributed by atoms with van der Waals surface area (Å²) in [6, 6.07) is 0.744. The smallest absolute Gasteiger partial charge is 0.00614 e. The molecule has 2 unspecified atom stereocenters. The van der Waals surface area contributed by atoms with Gasteiger partial charge < -0.3 is 5.32 Å². The third-order valence-electron chi connectivity index (χ3n) is 2.85. The van der Waals surface area contributed by atoms with Gasteiger partial charge in [-0.3, -0.25) is 0 Å². The monoisotopic (exact) mass is 171 g/mol. The van der Waals surface area contributed by atoms with Gasteiger partial charge >= 0.3 is 0 Å². The van der Waals surface area contributed by atoms with Gasteiger partial charge in [-0.1, -0.05) is 40.0 Å². The van der Waals surface area contributed by atoms with Crippen LogP contribution in [0.15, 0.2) is 0 Å². The Bertz CT molecular complexity index is 87.0. The molecule has 0 radical (unpaired) electrons. The molecule has 0 saturated carbocycles. The summed E-state index contributed by atoms with van der Waals surface area (Å²) in [4.78, 5) is 0. The molecule has 12 heavy (non-hydrogen) atoms. The minimum absolute atomic E-state index is 0.744. The van der Waals surface area contributed by atoms with Gasteiger partial charge in [-0.15, -0.1) is 0 Å². The molecule has 0 saturated heterocycles. The van der Waals surface area contributed by atoms with E-state index in [1.54, 1.807) is 0 Å². The van der Waals surface area contributed by atoms with Gasteiger partial charge in [0.05, 0.1) is 0 Å². The highest BCUT2D eigenvalue weighted by atomic mass is 14.9. The molecule has 0 bridgehead atoms. The highest BCUT2D eigenvalue weighted by Crippen LogP contribution is 2.12. The molecular formula is C11H25N. The fourth-order valence-corrected chi connectivity index (χ4v) is 1.47. The first-order valence-electron chi connectivity index (χ1n) is 5.41. The number of hydrogen-bond acceptors (Lipinski definition) is 1. The quantitative estimate of drug-likeness (QED) is 0.620. The molecule has 74 valence electrons. The van der Waals surface area contributed by atoms with Gasteiger partial charge in [0, 0.05) is 6.04 Å². The fourth-order valence-electron chi connectivity index (χ4n) is 1.47. The van der Waals surface area contributed by atoms with E-state index in [0.717, 1.165) is 12.0 Å². The molecule has 2 atom stereocenters. The van der Waals surface area contributed by atoms with Crippen LogP contribution < -0.4 is 5.32 Å². The Morgan fingerprint density at radius 1 is 1.08 bits per heavy atom. The van der Waals surface area contributed by atoms with Gasteiger partial charge in [0.25, 0.3) is 0 Å². The second-order valence-electron chi connectivity index (χ2n) is 3.84. The lowest BCUT2D eigenvalue weighted by molar-refractivity contribution is 0.431. The van der Waals surface area contributed by atoms with Crippen LogP contribution in [0, 0.1) is 5.92 Å². The summed E-state index contributed by atoms with van der Waals surface area (Å²) in [6.07, 6.45) is 6.72. The van der Waals surface area contributed by atoms with Gasteiger partial charge in [0.1, 0.15) is 0 Å². The van der Waals surface area contributed by atoms with Crippen LogP contribution in [0.5, 0.6) is 0 Å². The summed E-state index contributed by atoms with van der Waals surface area (Å²) in [5, 5.41) is 3.34. The van der Waals surface area contributed by atoms with E-state index in [9.17, 15) is 0 Å². The van der Waals surface area contributed by atoms with Crippen LogP contribution in [0.3, 0.4) is 0 Å². The van der Waals surface area contributed by atoms with Crippen molar-refractivity contribution in [3.63, 3.8) is 0 Å². The average molecular weight is 171 g/mol. The van der Waals surface area contributed by atoms with E-state index >= 15 is 0 Å². The molecule has 0 rings (SSSR count). The largest absolute Gasteiger partial charge is 0.317 e. The van der Waals surface area contributed by atoms with Crippen molar-refractivity contribution in [3.8, 4) is 0 Å². The molecule has 0 aliphatic rings. The fraction of sp³-hybridized carbons (Fsp3) is 1.00. The topological polar surface area (TPSA) is 12.0 Å². The molecule has 0 heterocycles. The molecule has 0 aromatic heterocycles. The number of nitrogens with one attached hydrogen (secondary N) is 1. The molecule has 0 aliphatic carbocycles. The van der Waals surface area contributed by atoms with E-state index in [1.807, 2.05) is 0 Å². The van der Waals surface area contributed by atoms with Crippen molar-refractivity contribution in [2.45, 2.75) is 58.9 Å². The molecule has 0 aliphatic heterocycles. The Morgan fingerprint density at radius 3 is 2.17 bits per heavy atom. The van der Waals surface area contributed by atoms with Crippen LogP contribution in [-0.4, -0.2) is 13.1 Å². The molecule has 1 heteroatoms. The van der Waals surface area contributed by atoms with Crippen molar-refractivity contribution in [3.05, 3.63) is 0 Å². The second kappa shape index (κ2) is 7.60. The Balaban J connectivity index is 3.28. The zero-order valence-corrected chi connectivity index (χ0v) is 9.19. The van der Waals surface area contributed by atoms with Crippen LogP contribution in [0.4, 0.5) is 0 Å². The highest BCUT2D eigenvalue weighted by molar-refractivity contribution is 4.62. The lowest BCUT2D eigenvalue weighted by atomic mass is 9.99. The molecular weight excluding hydrogens is 146 g/mol. The van der Waals surface area contributed by atoms with Crippen molar-refractivity contribution >= 4 is 0 Å². The predicted octanol–water partition coefficient (Wildman–Crippen LogP) is 3.20. The van der Waals surface area contributed by atoms with Gasteiger partial charge in [0.15, 0.2) is 0 Å². The summed E-state index contributed by atoms with van der Waals surface area (Å²) >= 11 is 0. The van der Waals surface area contributed by atoms with E-state index in [0.29, 0.717) is 0 Å². The summed E-state index contributed by atoms with van der Waals surface area (Å²) in [5.41, 5.74) is 0. The standard InChI is InChI=1S/C11H25N/c1-5-10(3)8-7-9-11(6-2)12-4/h10-12H,5-9H2,1-4H3. The van der Waals surface area contributed by atoms with Gasteiger partial charge in [-0.05, 0) is 25.8 Å². The van der Waals surface area contributed by atoms with Gasteiger partial charge in [-0.25, -0.2) is 0 Å². The Labute approximate surface area is 77.9 Å². The van der Waals surface area contributed by atoms with Crippen molar-refractivity contribution in [2.24, 2.45) is 5.92 Å². The van der Waals surface area contributed by atoms with E-state index in [1.165, 1.54) is 32.1 Å². The lowest BCUT2D eigenvalue weighted by Crippen LogP contribution is -2.23. The lowest BCUT2D eigenvalue weighted by Gasteiger charge is -2.14. The van der Waals surface area contributed by atoms with E-state index in [-0.39, 0.29) is 0 Å². The summed E-state index contributed by atoms with van der Waals surface area (Å²) < 4.78 is 0. The zero-order valence-electron chi connectivity index (χ0n) is 9.19. The maximum absolute atomic E-state index is 3.34. The molecule has 0 amide bonds. The summed E-state index contributed by atoms with van der Waals surface area (Å²) in [5.74, 6) is 0.916. The third-order valence-corrected chi connectivity index (χ3v) is 2.85. The molecule has 0 aromatic rings. The normalized spacial score (nSPS) is 16.0. The maximum atomic E-state index is 3.34. The summed E-state index contributed by atoms with van der Waals surface area (Å²) in [7, 11) is 2.07. The van der Waals surface area contributed by atoms with Crippen LogP contribution in [0.1, 0.15) is 52.9 Å². The molecule has 0 spiro atoms. The molecule has 0 fully saturated rings. The minimum Gasteiger partial charge on any atom is -0.317 e. The van der Waals surface area contributed by atoms with Gasteiger partial charge in [-0.2, -0.15) is 0 Å². The third kappa shape index (κ3) is 5.59. The van der Waals surface area contributed by atoms with Gasteiger partial charge in [0.2, 0.25) is 0 Å². The molecule has 0 aromatic carbocycles. The first kappa shape index (κ1) is 12.0. The van der Waals surface area contributed by atoms with Crippen molar-refractivity contribution < 1.29 is 0 Å².